The average molecular weight is 347 g/mol. The van der Waals surface area contributed by atoms with Crippen LogP contribution in [0.1, 0.15) is 64.7 Å². The Morgan fingerprint density at radius 3 is 2.35 bits per heavy atom. The molecule has 1 aliphatic rings. The quantitative estimate of drug-likeness (QED) is 0.378. The van der Waals surface area contributed by atoms with Gasteiger partial charge in [0.05, 0.1) is 0 Å². The summed E-state index contributed by atoms with van der Waals surface area (Å²) in [6.07, 6.45) is 12.7. The van der Waals surface area contributed by atoms with Crippen LogP contribution in [-0.4, -0.2) is 54.4 Å². The van der Waals surface area contributed by atoms with Crippen LogP contribution in [-0.2, 0) is 0 Å². The van der Waals surface area contributed by atoms with Gasteiger partial charge in [0.1, 0.15) is 0 Å². The Morgan fingerprint density at radius 2 is 1.70 bits per heavy atom. The van der Waals surface area contributed by atoms with E-state index in [-0.39, 0.29) is 0 Å². The molecular weight excluding hydrogens is 312 g/mol. The van der Waals surface area contributed by atoms with Crippen molar-refractivity contribution in [2.75, 3.05) is 38.6 Å². The first-order chi connectivity index (χ1) is 9.77. The van der Waals surface area contributed by atoms with Crippen LogP contribution in [0.3, 0.4) is 0 Å². The maximum atomic E-state index is 3.50. The van der Waals surface area contributed by atoms with Crippen molar-refractivity contribution in [3.05, 3.63) is 0 Å². The van der Waals surface area contributed by atoms with E-state index in [1.54, 1.807) is 0 Å². The van der Waals surface area contributed by atoms with Gasteiger partial charge < -0.3 is 4.90 Å². The van der Waals surface area contributed by atoms with Crippen LogP contribution in [0, 0.1) is 0 Å². The van der Waals surface area contributed by atoms with Gasteiger partial charge in [-0.05, 0) is 52.4 Å². The summed E-state index contributed by atoms with van der Waals surface area (Å²) in [4.78, 5) is 5.21. The van der Waals surface area contributed by atoms with E-state index in [0.29, 0.717) is 0 Å². The van der Waals surface area contributed by atoms with E-state index >= 15 is 0 Å². The minimum Gasteiger partial charge on any atom is -0.305 e. The van der Waals surface area contributed by atoms with Crippen molar-refractivity contribution < 1.29 is 0 Å². The Morgan fingerprint density at radius 1 is 1.05 bits per heavy atom. The summed E-state index contributed by atoms with van der Waals surface area (Å²) >= 11 is 3.50. The zero-order chi connectivity index (χ0) is 14.6. The molecule has 1 heterocycles. The van der Waals surface area contributed by atoms with Gasteiger partial charge in [-0.1, -0.05) is 55.0 Å². The van der Waals surface area contributed by atoms with Gasteiger partial charge in [-0.2, -0.15) is 0 Å². The highest BCUT2D eigenvalue weighted by Gasteiger charge is 2.23. The van der Waals surface area contributed by atoms with Crippen molar-refractivity contribution in [2.45, 2.75) is 70.8 Å². The average Bonchev–Trinajstić information content (AvgIpc) is 2.89. The van der Waals surface area contributed by atoms with Gasteiger partial charge in [-0.25, -0.2) is 0 Å². The number of hydrogen-bond acceptors (Lipinski definition) is 2. The molecule has 20 heavy (non-hydrogen) atoms. The fourth-order valence-corrected chi connectivity index (χ4v) is 3.73. The second kappa shape index (κ2) is 12.0. The molecule has 0 amide bonds. The summed E-state index contributed by atoms with van der Waals surface area (Å²) in [6, 6.07) is 0.828. The zero-order valence-electron chi connectivity index (χ0n) is 13.7. The molecule has 1 saturated heterocycles. The minimum absolute atomic E-state index is 0.828. The van der Waals surface area contributed by atoms with Crippen LogP contribution in [0.4, 0.5) is 0 Å². The van der Waals surface area contributed by atoms with E-state index in [1.165, 1.54) is 89.3 Å². The lowest BCUT2D eigenvalue weighted by atomic mass is 10.1. The Balaban J connectivity index is 1.93. The van der Waals surface area contributed by atoms with Crippen molar-refractivity contribution in [3.8, 4) is 0 Å². The van der Waals surface area contributed by atoms with Crippen LogP contribution in [0.25, 0.3) is 0 Å². The Hall–Kier alpha value is 0.400. The summed E-state index contributed by atoms with van der Waals surface area (Å²) < 4.78 is 0. The number of alkyl halides is 1. The standard InChI is InChI=1S/C17H35BrN2/c1-3-20-15-11-12-17(20)16-19(2)14-10-8-6-4-5-7-9-13-18/h17H,3-16H2,1-2H3. The molecule has 0 bridgehead atoms. The molecule has 0 aromatic heterocycles. The van der Waals surface area contributed by atoms with E-state index in [2.05, 4.69) is 39.7 Å². The molecule has 0 aliphatic carbocycles. The summed E-state index contributed by atoms with van der Waals surface area (Å²) in [7, 11) is 2.31. The fraction of sp³-hybridized carbons (Fsp3) is 1.00. The van der Waals surface area contributed by atoms with Crippen LogP contribution in [0.2, 0.25) is 0 Å². The summed E-state index contributed by atoms with van der Waals surface area (Å²) in [5, 5.41) is 1.17. The highest BCUT2D eigenvalue weighted by molar-refractivity contribution is 9.09. The third kappa shape index (κ3) is 7.99. The van der Waals surface area contributed by atoms with Gasteiger partial charge in [-0.15, -0.1) is 0 Å². The van der Waals surface area contributed by atoms with Crippen LogP contribution in [0.15, 0.2) is 0 Å². The van der Waals surface area contributed by atoms with Crippen molar-refractivity contribution in [1.29, 1.82) is 0 Å². The molecular formula is C17H35BrN2. The lowest BCUT2D eigenvalue weighted by Crippen LogP contribution is -2.39. The SMILES string of the molecule is CCN1CCCC1CN(C)CCCCCCCCCBr. The van der Waals surface area contributed by atoms with Gasteiger partial charge in [0, 0.05) is 17.9 Å². The molecule has 1 fully saturated rings. The van der Waals surface area contributed by atoms with E-state index in [4.69, 9.17) is 0 Å². The molecule has 1 unspecified atom stereocenters. The molecule has 0 radical (unpaired) electrons. The minimum atomic E-state index is 0.828. The zero-order valence-corrected chi connectivity index (χ0v) is 15.3. The summed E-state index contributed by atoms with van der Waals surface area (Å²) in [5.41, 5.74) is 0. The van der Waals surface area contributed by atoms with Gasteiger partial charge in [0.15, 0.2) is 0 Å². The maximum Gasteiger partial charge on any atom is 0.0223 e. The summed E-state index contributed by atoms with van der Waals surface area (Å²) in [6.45, 7) is 7.42. The molecule has 0 aromatic rings. The van der Waals surface area contributed by atoms with Gasteiger partial charge in [-0.3, -0.25) is 4.90 Å². The third-order valence-corrected chi connectivity index (χ3v) is 5.16. The number of likely N-dealkylation sites (N-methyl/N-ethyl adjacent to an activating group) is 2. The first-order valence-electron chi connectivity index (χ1n) is 8.76. The fourth-order valence-electron chi connectivity index (χ4n) is 3.33. The topological polar surface area (TPSA) is 6.48 Å². The van der Waals surface area contributed by atoms with E-state index in [1.807, 2.05) is 0 Å². The molecule has 1 rings (SSSR count). The predicted octanol–water partition coefficient (Wildman–Crippen LogP) is 4.53. The van der Waals surface area contributed by atoms with E-state index < -0.39 is 0 Å². The number of halogens is 1. The first kappa shape index (κ1) is 18.4. The number of hydrogen-bond donors (Lipinski definition) is 0. The van der Waals surface area contributed by atoms with Gasteiger partial charge >= 0.3 is 0 Å². The van der Waals surface area contributed by atoms with E-state index in [0.717, 1.165) is 6.04 Å². The summed E-state index contributed by atoms with van der Waals surface area (Å²) in [5.74, 6) is 0. The Kier molecular flexibility index (Phi) is 11.1. The third-order valence-electron chi connectivity index (χ3n) is 4.60. The van der Waals surface area contributed by atoms with Gasteiger partial charge in [0.2, 0.25) is 0 Å². The van der Waals surface area contributed by atoms with Crippen molar-refractivity contribution in [1.82, 2.24) is 9.80 Å². The van der Waals surface area contributed by atoms with Crippen LogP contribution < -0.4 is 0 Å². The van der Waals surface area contributed by atoms with Crippen molar-refractivity contribution in [2.24, 2.45) is 0 Å². The van der Waals surface area contributed by atoms with Gasteiger partial charge in [0.25, 0.3) is 0 Å². The smallest absolute Gasteiger partial charge is 0.0223 e. The first-order valence-corrected chi connectivity index (χ1v) is 9.88. The molecule has 120 valence electrons. The molecule has 2 nitrogen and oxygen atoms in total. The lowest BCUT2D eigenvalue weighted by molar-refractivity contribution is 0.197. The van der Waals surface area contributed by atoms with Crippen molar-refractivity contribution >= 4 is 15.9 Å². The number of nitrogens with zero attached hydrogens (tertiary/aromatic N) is 2. The highest BCUT2D eigenvalue weighted by atomic mass is 79.9. The van der Waals surface area contributed by atoms with Crippen LogP contribution >= 0.6 is 15.9 Å². The van der Waals surface area contributed by atoms with Crippen LogP contribution in [0.5, 0.6) is 0 Å². The second-order valence-corrected chi connectivity index (χ2v) is 7.14. The number of likely N-dealkylation sites (tertiary alicyclic amines) is 1. The molecule has 1 aliphatic heterocycles. The Labute approximate surface area is 135 Å². The number of rotatable bonds is 12. The normalized spacial score (nSPS) is 20.1. The molecule has 3 heteroatoms. The second-order valence-electron chi connectivity index (χ2n) is 6.35. The lowest BCUT2D eigenvalue weighted by Gasteiger charge is -2.27. The predicted molar refractivity (Wildman–Crippen MR) is 93.9 cm³/mol. The molecule has 0 N–H and O–H groups in total. The maximum absolute atomic E-state index is 3.50. The number of unbranched alkanes of at least 4 members (excludes halogenated alkanes) is 6. The van der Waals surface area contributed by atoms with E-state index in [9.17, 15) is 0 Å². The highest BCUT2D eigenvalue weighted by Crippen LogP contribution is 2.17. The molecule has 0 aromatic carbocycles. The molecule has 0 saturated carbocycles. The Bertz CT molecular complexity index is 223. The monoisotopic (exact) mass is 346 g/mol. The molecule has 0 spiro atoms. The van der Waals surface area contributed by atoms with Crippen molar-refractivity contribution in [3.63, 3.8) is 0 Å². The largest absolute Gasteiger partial charge is 0.305 e. The molecule has 1 atom stereocenters.